The Labute approximate surface area is 175 Å². The first-order chi connectivity index (χ1) is 14.0. The van der Waals surface area contributed by atoms with Crippen LogP contribution in [-0.4, -0.2) is 23.2 Å². The molecular formula is C22H24ClN3O3. The summed E-state index contributed by atoms with van der Waals surface area (Å²) in [6, 6.07) is 11.2. The summed E-state index contributed by atoms with van der Waals surface area (Å²) >= 11 is 6.30. The highest BCUT2D eigenvalue weighted by Crippen LogP contribution is 2.29. The van der Waals surface area contributed by atoms with Gasteiger partial charge in [0.15, 0.2) is 0 Å². The third-order valence-corrected chi connectivity index (χ3v) is 5.08. The molecule has 29 heavy (non-hydrogen) atoms. The maximum Gasteiger partial charge on any atom is 0.227 e. The highest BCUT2D eigenvalue weighted by atomic mass is 35.5. The van der Waals surface area contributed by atoms with E-state index in [-0.39, 0.29) is 12.3 Å². The van der Waals surface area contributed by atoms with Crippen LogP contribution in [0.5, 0.6) is 5.75 Å². The Kier molecular flexibility index (Phi) is 6.88. The summed E-state index contributed by atoms with van der Waals surface area (Å²) in [5.41, 5.74) is 3.67. The van der Waals surface area contributed by atoms with Gasteiger partial charge in [0.2, 0.25) is 17.6 Å². The Bertz CT molecular complexity index is 983. The number of aromatic nitrogens is 2. The Hall–Kier alpha value is -2.86. The van der Waals surface area contributed by atoms with Gasteiger partial charge in [-0.15, -0.1) is 0 Å². The number of methoxy groups -OCH3 is 1. The smallest absolute Gasteiger partial charge is 0.227 e. The summed E-state index contributed by atoms with van der Waals surface area (Å²) in [5, 5.41) is 7.68. The zero-order valence-electron chi connectivity index (χ0n) is 16.8. The first kappa shape index (κ1) is 20.9. The predicted molar refractivity (Wildman–Crippen MR) is 113 cm³/mol. The van der Waals surface area contributed by atoms with Crippen LogP contribution in [-0.2, 0) is 24.1 Å². The van der Waals surface area contributed by atoms with E-state index >= 15 is 0 Å². The molecule has 0 radical (unpaired) electrons. The topological polar surface area (TPSA) is 77.2 Å². The van der Waals surface area contributed by atoms with Crippen molar-refractivity contribution in [1.29, 1.82) is 0 Å². The van der Waals surface area contributed by atoms with Crippen LogP contribution in [0.3, 0.4) is 0 Å². The van der Waals surface area contributed by atoms with Crippen molar-refractivity contribution in [3.05, 3.63) is 58.4 Å². The van der Waals surface area contributed by atoms with Crippen molar-refractivity contribution in [1.82, 2.24) is 10.1 Å². The monoisotopic (exact) mass is 413 g/mol. The van der Waals surface area contributed by atoms with Crippen molar-refractivity contribution in [2.75, 3.05) is 12.4 Å². The van der Waals surface area contributed by atoms with Crippen LogP contribution in [0.1, 0.15) is 37.3 Å². The van der Waals surface area contributed by atoms with E-state index in [4.69, 9.17) is 20.9 Å². The molecule has 1 heterocycles. The molecule has 3 rings (SSSR count). The number of nitrogens with one attached hydrogen (secondary N) is 1. The van der Waals surface area contributed by atoms with Gasteiger partial charge in [-0.2, -0.15) is 4.98 Å². The minimum absolute atomic E-state index is 0.110. The summed E-state index contributed by atoms with van der Waals surface area (Å²) in [6.45, 7) is 4.08. The molecule has 0 bridgehead atoms. The number of amides is 1. The van der Waals surface area contributed by atoms with Crippen molar-refractivity contribution in [3.8, 4) is 17.1 Å². The summed E-state index contributed by atoms with van der Waals surface area (Å²) in [5.74, 6) is 1.55. The van der Waals surface area contributed by atoms with Gasteiger partial charge >= 0.3 is 0 Å². The molecule has 1 amide bonds. The first-order valence-electron chi connectivity index (χ1n) is 9.62. The van der Waals surface area contributed by atoms with Crippen molar-refractivity contribution >= 4 is 23.2 Å². The third-order valence-electron chi connectivity index (χ3n) is 4.72. The van der Waals surface area contributed by atoms with Crippen LogP contribution in [0.25, 0.3) is 11.4 Å². The summed E-state index contributed by atoms with van der Waals surface area (Å²) in [7, 11) is 1.61. The summed E-state index contributed by atoms with van der Waals surface area (Å²) in [4.78, 5) is 16.9. The molecular weight excluding hydrogens is 390 g/mol. The zero-order chi connectivity index (χ0) is 20.8. The number of benzene rings is 2. The molecule has 3 aromatic rings. The van der Waals surface area contributed by atoms with E-state index in [1.165, 1.54) is 0 Å². The fraction of sp³-hybridized carbons (Fsp3) is 0.318. The lowest BCUT2D eigenvalue weighted by atomic mass is 10.0. The molecule has 152 valence electrons. The molecule has 0 spiro atoms. The Morgan fingerprint density at radius 3 is 2.55 bits per heavy atom. The molecule has 0 aliphatic heterocycles. The van der Waals surface area contributed by atoms with Gasteiger partial charge < -0.3 is 14.6 Å². The zero-order valence-corrected chi connectivity index (χ0v) is 17.5. The molecule has 0 aliphatic rings. The second-order valence-electron chi connectivity index (χ2n) is 6.56. The van der Waals surface area contributed by atoms with E-state index < -0.39 is 0 Å². The molecule has 0 saturated carbocycles. The van der Waals surface area contributed by atoms with Gasteiger partial charge in [-0.1, -0.05) is 36.7 Å². The van der Waals surface area contributed by atoms with Crippen LogP contribution >= 0.6 is 11.6 Å². The molecule has 0 atom stereocenters. The molecule has 2 aromatic carbocycles. The SMILES string of the molecule is CCc1ccc(Cl)c(CC)c1NC(=O)CCc1nc(-c2ccc(OC)cc2)no1. The van der Waals surface area contributed by atoms with Crippen molar-refractivity contribution in [2.24, 2.45) is 0 Å². The number of aryl methyl sites for hydroxylation is 2. The molecule has 6 nitrogen and oxygen atoms in total. The van der Waals surface area contributed by atoms with Crippen LogP contribution < -0.4 is 10.1 Å². The number of carbonyl (C=O) groups excluding carboxylic acids is 1. The van der Waals surface area contributed by atoms with Gasteiger partial charge in [0, 0.05) is 29.1 Å². The molecule has 1 aromatic heterocycles. The molecule has 0 unspecified atom stereocenters. The van der Waals surface area contributed by atoms with Gasteiger partial charge in [0.1, 0.15) is 5.75 Å². The predicted octanol–water partition coefficient (Wildman–Crippen LogP) is 5.09. The van der Waals surface area contributed by atoms with Gasteiger partial charge in [0.25, 0.3) is 0 Å². The summed E-state index contributed by atoms with van der Waals surface area (Å²) < 4.78 is 10.4. The van der Waals surface area contributed by atoms with E-state index in [2.05, 4.69) is 22.4 Å². The first-order valence-corrected chi connectivity index (χ1v) is 10.0. The van der Waals surface area contributed by atoms with E-state index in [0.717, 1.165) is 41.0 Å². The largest absolute Gasteiger partial charge is 0.497 e. The van der Waals surface area contributed by atoms with Gasteiger partial charge in [-0.25, -0.2) is 0 Å². The second kappa shape index (κ2) is 9.56. The average molecular weight is 414 g/mol. The lowest BCUT2D eigenvalue weighted by molar-refractivity contribution is -0.116. The molecule has 7 heteroatoms. The fourth-order valence-corrected chi connectivity index (χ4v) is 3.39. The van der Waals surface area contributed by atoms with Crippen molar-refractivity contribution in [2.45, 2.75) is 39.5 Å². The molecule has 0 saturated heterocycles. The minimum Gasteiger partial charge on any atom is -0.497 e. The van der Waals surface area contributed by atoms with Crippen LogP contribution in [0.2, 0.25) is 5.02 Å². The van der Waals surface area contributed by atoms with Gasteiger partial charge in [0.05, 0.1) is 7.11 Å². The number of nitrogens with zero attached hydrogens (tertiary/aromatic N) is 2. The van der Waals surface area contributed by atoms with Crippen LogP contribution in [0.4, 0.5) is 5.69 Å². The Morgan fingerprint density at radius 2 is 1.90 bits per heavy atom. The molecule has 0 aliphatic carbocycles. The minimum atomic E-state index is -0.110. The van der Waals surface area contributed by atoms with E-state index in [0.29, 0.717) is 23.2 Å². The van der Waals surface area contributed by atoms with Gasteiger partial charge in [-0.05, 0) is 54.3 Å². The Balaban J connectivity index is 1.65. The fourth-order valence-electron chi connectivity index (χ4n) is 3.10. The lowest BCUT2D eigenvalue weighted by Gasteiger charge is -2.15. The van der Waals surface area contributed by atoms with E-state index in [1.54, 1.807) is 7.11 Å². The number of hydrogen-bond donors (Lipinski definition) is 1. The lowest BCUT2D eigenvalue weighted by Crippen LogP contribution is -2.15. The number of ether oxygens (including phenoxy) is 1. The van der Waals surface area contributed by atoms with E-state index in [9.17, 15) is 4.79 Å². The normalized spacial score (nSPS) is 10.8. The average Bonchev–Trinajstić information content (AvgIpc) is 3.22. The number of carbonyl (C=O) groups is 1. The number of rotatable bonds is 8. The Morgan fingerprint density at radius 1 is 1.14 bits per heavy atom. The van der Waals surface area contributed by atoms with Crippen LogP contribution in [0, 0.1) is 0 Å². The van der Waals surface area contributed by atoms with Crippen molar-refractivity contribution in [3.63, 3.8) is 0 Å². The van der Waals surface area contributed by atoms with Gasteiger partial charge in [-0.3, -0.25) is 4.79 Å². The van der Waals surface area contributed by atoms with Crippen LogP contribution in [0.15, 0.2) is 40.9 Å². The third kappa shape index (κ3) is 4.95. The molecule has 1 N–H and O–H groups in total. The quantitative estimate of drug-likeness (QED) is 0.556. The highest BCUT2D eigenvalue weighted by Gasteiger charge is 2.15. The number of hydrogen-bond acceptors (Lipinski definition) is 5. The summed E-state index contributed by atoms with van der Waals surface area (Å²) in [6.07, 6.45) is 2.16. The maximum absolute atomic E-state index is 12.5. The second-order valence-corrected chi connectivity index (χ2v) is 6.96. The molecule has 0 fully saturated rings. The standard InChI is InChI=1S/C22H24ClN3O3/c1-4-14-8-11-18(23)17(5-2)21(14)24-19(27)12-13-20-25-22(26-29-20)15-6-9-16(28-3)10-7-15/h6-11H,4-5,12-13H2,1-3H3,(H,24,27). The van der Waals surface area contributed by atoms with E-state index in [1.807, 2.05) is 43.3 Å². The maximum atomic E-state index is 12.5. The van der Waals surface area contributed by atoms with Crippen molar-refractivity contribution < 1.29 is 14.1 Å². The number of anilines is 1. The highest BCUT2D eigenvalue weighted by molar-refractivity contribution is 6.32. The number of halogens is 1.